The van der Waals surface area contributed by atoms with Gasteiger partial charge < -0.3 is 5.32 Å². The molecule has 0 saturated carbocycles. The Morgan fingerprint density at radius 1 is 1.42 bits per heavy atom. The Kier molecular flexibility index (Phi) is 5.06. The van der Waals surface area contributed by atoms with Crippen LogP contribution in [0.1, 0.15) is 19.8 Å². The fraction of sp³-hybridized carbons (Fsp3) is 0.583. The highest BCUT2D eigenvalue weighted by Crippen LogP contribution is 2.22. The van der Waals surface area contributed by atoms with Crippen molar-refractivity contribution in [1.82, 2.24) is 9.71 Å². The first-order valence-corrected chi connectivity index (χ1v) is 9.05. The van der Waals surface area contributed by atoms with Gasteiger partial charge in [0, 0.05) is 25.0 Å². The second-order valence-corrected chi connectivity index (χ2v) is 7.32. The molecule has 1 aromatic rings. The number of hydrogen-bond acceptors (Lipinski definition) is 5. The maximum atomic E-state index is 12.4. The predicted octanol–water partition coefficient (Wildman–Crippen LogP) is 1.69. The summed E-state index contributed by atoms with van der Waals surface area (Å²) in [5.41, 5.74) is 0.607. The van der Waals surface area contributed by atoms with Gasteiger partial charge in [-0.25, -0.2) is 13.1 Å². The van der Waals surface area contributed by atoms with Gasteiger partial charge in [0.25, 0.3) is 0 Å². The van der Waals surface area contributed by atoms with Crippen molar-refractivity contribution in [3.63, 3.8) is 0 Å². The molecule has 0 radical (unpaired) electrons. The second kappa shape index (κ2) is 6.58. The molecule has 0 unspecified atom stereocenters. The molecule has 0 aromatic carbocycles. The average molecular weight is 301 g/mol. The van der Waals surface area contributed by atoms with Crippen LogP contribution in [0.15, 0.2) is 23.4 Å². The summed E-state index contributed by atoms with van der Waals surface area (Å²) in [6, 6.07) is 1.73. The van der Waals surface area contributed by atoms with E-state index in [2.05, 4.69) is 15.0 Å². The van der Waals surface area contributed by atoms with Gasteiger partial charge in [-0.2, -0.15) is 11.8 Å². The fourth-order valence-corrected chi connectivity index (χ4v) is 4.57. The standard InChI is InChI=1S/C12H19N3O2S2/c1-2-14-11-3-6-13-9-12(11)19(16,17)15-10-4-7-18-8-5-10/h3,6,9-10,15H,2,4-5,7-8H2,1H3,(H,13,14). The highest BCUT2D eigenvalue weighted by molar-refractivity contribution is 7.99. The van der Waals surface area contributed by atoms with Crippen LogP contribution >= 0.6 is 11.8 Å². The number of aromatic nitrogens is 1. The van der Waals surface area contributed by atoms with Crippen molar-refractivity contribution >= 4 is 27.5 Å². The summed E-state index contributed by atoms with van der Waals surface area (Å²) in [7, 11) is -3.50. The zero-order chi connectivity index (χ0) is 13.7. The third-order valence-corrected chi connectivity index (χ3v) is 5.58. The van der Waals surface area contributed by atoms with Crippen molar-refractivity contribution in [2.24, 2.45) is 0 Å². The molecule has 0 amide bonds. The molecule has 7 heteroatoms. The van der Waals surface area contributed by atoms with Crippen LogP contribution in [0.2, 0.25) is 0 Å². The molecule has 2 heterocycles. The van der Waals surface area contributed by atoms with Gasteiger partial charge in [0.15, 0.2) is 0 Å². The van der Waals surface area contributed by atoms with Crippen molar-refractivity contribution < 1.29 is 8.42 Å². The monoisotopic (exact) mass is 301 g/mol. The number of nitrogens with one attached hydrogen (secondary N) is 2. The summed E-state index contributed by atoms with van der Waals surface area (Å²) in [4.78, 5) is 4.16. The molecule has 1 aromatic heterocycles. The number of sulfonamides is 1. The van der Waals surface area contributed by atoms with Crippen molar-refractivity contribution in [3.05, 3.63) is 18.5 Å². The van der Waals surface area contributed by atoms with Gasteiger partial charge in [0.05, 0.1) is 5.69 Å². The normalized spacial score (nSPS) is 17.3. The van der Waals surface area contributed by atoms with Gasteiger partial charge in [-0.05, 0) is 37.3 Å². The van der Waals surface area contributed by atoms with Crippen LogP contribution in [0.3, 0.4) is 0 Å². The molecule has 0 bridgehead atoms. The van der Waals surface area contributed by atoms with E-state index in [1.807, 2.05) is 18.7 Å². The first-order valence-electron chi connectivity index (χ1n) is 6.41. The summed E-state index contributed by atoms with van der Waals surface area (Å²) >= 11 is 1.87. The Labute approximate surface area is 118 Å². The highest BCUT2D eigenvalue weighted by Gasteiger charge is 2.24. The van der Waals surface area contributed by atoms with Crippen LogP contribution in [0, 0.1) is 0 Å². The van der Waals surface area contributed by atoms with Gasteiger partial charge in [-0.15, -0.1) is 0 Å². The van der Waals surface area contributed by atoms with Crippen LogP contribution in [-0.2, 0) is 10.0 Å². The smallest absolute Gasteiger partial charge is 0.244 e. The molecule has 2 rings (SSSR count). The molecule has 2 N–H and O–H groups in total. The lowest BCUT2D eigenvalue weighted by molar-refractivity contribution is 0.529. The van der Waals surface area contributed by atoms with Crippen LogP contribution in [-0.4, -0.2) is 37.5 Å². The van der Waals surface area contributed by atoms with Gasteiger partial charge >= 0.3 is 0 Å². The lowest BCUT2D eigenvalue weighted by Gasteiger charge is -2.23. The van der Waals surface area contributed by atoms with Gasteiger partial charge in [0.1, 0.15) is 4.90 Å². The Hall–Kier alpha value is -0.790. The maximum Gasteiger partial charge on any atom is 0.244 e. The summed E-state index contributed by atoms with van der Waals surface area (Å²) in [6.07, 6.45) is 4.77. The topological polar surface area (TPSA) is 71.1 Å². The Balaban J connectivity index is 2.18. The zero-order valence-corrected chi connectivity index (χ0v) is 12.6. The molecule has 19 heavy (non-hydrogen) atoms. The van der Waals surface area contributed by atoms with Crippen molar-refractivity contribution in [2.75, 3.05) is 23.4 Å². The Morgan fingerprint density at radius 2 is 2.16 bits per heavy atom. The van der Waals surface area contributed by atoms with E-state index in [1.165, 1.54) is 6.20 Å². The van der Waals surface area contributed by atoms with Gasteiger partial charge in [-0.1, -0.05) is 0 Å². The van der Waals surface area contributed by atoms with E-state index < -0.39 is 10.0 Å². The van der Waals surface area contributed by atoms with Crippen molar-refractivity contribution in [3.8, 4) is 0 Å². The minimum Gasteiger partial charge on any atom is -0.384 e. The first-order chi connectivity index (χ1) is 9.13. The lowest BCUT2D eigenvalue weighted by atomic mass is 10.2. The summed E-state index contributed by atoms with van der Waals surface area (Å²) in [5.74, 6) is 2.03. The number of anilines is 1. The van der Waals surface area contributed by atoms with Crippen LogP contribution in [0.25, 0.3) is 0 Å². The maximum absolute atomic E-state index is 12.4. The molecule has 1 saturated heterocycles. The van der Waals surface area contributed by atoms with E-state index in [4.69, 9.17) is 0 Å². The average Bonchev–Trinajstić information content (AvgIpc) is 2.40. The van der Waals surface area contributed by atoms with E-state index in [-0.39, 0.29) is 10.9 Å². The molecule has 0 aliphatic carbocycles. The molecular formula is C12H19N3O2S2. The third kappa shape index (κ3) is 3.84. The minimum absolute atomic E-state index is 0.0425. The Morgan fingerprint density at radius 3 is 2.84 bits per heavy atom. The largest absolute Gasteiger partial charge is 0.384 e. The summed E-state index contributed by atoms with van der Waals surface area (Å²) < 4.78 is 27.6. The van der Waals surface area contributed by atoms with E-state index in [0.29, 0.717) is 12.2 Å². The molecule has 0 atom stereocenters. The molecule has 1 aliphatic rings. The van der Waals surface area contributed by atoms with Crippen LogP contribution < -0.4 is 10.0 Å². The molecule has 106 valence electrons. The fourth-order valence-electron chi connectivity index (χ4n) is 2.03. The number of hydrogen-bond donors (Lipinski definition) is 2. The summed E-state index contributed by atoms with van der Waals surface area (Å²) in [5, 5.41) is 3.06. The molecule has 5 nitrogen and oxygen atoms in total. The molecule has 1 aliphatic heterocycles. The lowest BCUT2D eigenvalue weighted by Crippen LogP contribution is -2.37. The first kappa shape index (κ1) is 14.6. The SMILES string of the molecule is CCNc1ccncc1S(=O)(=O)NC1CCSCC1. The molecule has 1 fully saturated rings. The third-order valence-electron chi connectivity index (χ3n) is 2.98. The Bertz CT molecular complexity index is 513. The van der Waals surface area contributed by atoms with Crippen molar-refractivity contribution in [1.29, 1.82) is 0 Å². The van der Waals surface area contributed by atoms with Crippen LogP contribution in [0.4, 0.5) is 5.69 Å². The number of nitrogens with zero attached hydrogens (tertiary/aromatic N) is 1. The van der Waals surface area contributed by atoms with E-state index >= 15 is 0 Å². The second-order valence-electron chi connectivity index (χ2n) is 4.41. The minimum atomic E-state index is -3.50. The quantitative estimate of drug-likeness (QED) is 0.866. The van der Waals surface area contributed by atoms with Crippen molar-refractivity contribution in [2.45, 2.75) is 30.7 Å². The number of thioether (sulfide) groups is 1. The number of pyridine rings is 1. The summed E-state index contributed by atoms with van der Waals surface area (Å²) in [6.45, 7) is 2.61. The van der Waals surface area contributed by atoms with E-state index in [0.717, 1.165) is 24.3 Å². The van der Waals surface area contributed by atoms with E-state index in [9.17, 15) is 8.42 Å². The molecule has 0 spiro atoms. The van der Waals surface area contributed by atoms with Gasteiger partial charge in [0.2, 0.25) is 10.0 Å². The van der Waals surface area contributed by atoms with Gasteiger partial charge in [-0.3, -0.25) is 4.98 Å². The number of rotatable bonds is 5. The highest BCUT2D eigenvalue weighted by atomic mass is 32.2. The van der Waals surface area contributed by atoms with Crippen LogP contribution in [0.5, 0.6) is 0 Å². The van der Waals surface area contributed by atoms with E-state index in [1.54, 1.807) is 12.3 Å². The predicted molar refractivity (Wildman–Crippen MR) is 79.1 cm³/mol. The molecular weight excluding hydrogens is 282 g/mol. The zero-order valence-electron chi connectivity index (χ0n) is 10.9.